The third-order valence-corrected chi connectivity index (χ3v) is 4.30. The first-order chi connectivity index (χ1) is 10.9. The minimum absolute atomic E-state index is 0.0695. The summed E-state index contributed by atoms with van der Waals surface area (Å²) in [6, 6.07) is 6.30. The van der Waals surface area contributed by atoms with Crippen molar-refractivity contribution in [1.29, 1.82) is 0 Å². The average molecular weight is 326 g/mol. The highest BCUT2D eigenvalue weighted by molar-refractivity contribution is 7.89. The van der Waals surface area contributed by atoms with Crippen LogP contribution in [0.1, 0.15) is 5.56 Å². The van der Waals surface area contributed by atoms with Gasteiger partial charge in [-0.15, -0.1) is 0 Å². The number of sulfonamides is 1. The maximum absolute atomic E-state index is 11.3. The number of hydrogen-bond acceptors (Lipinski definition) is 5. The van der Waals surface area contributed by atoms with Crippen molar-refractivity contribution in [2.24, 2.45) is 5.14 Å². The highest BCUT2D eigenvalue weighted by Gasteiger charge is 2.14. The van der Waals surface area contributed by atoms with Crippen LogP contribution in [0.5, 0.6) is 0 Å². The van der Waals surface area contributed by atoms with Crippen molar-refractivity contribution in [1.82, 2.24) is 9.97 Å². The normalized spacial score (nSPS) is 14.7. The molecule has 3 rings (SSSR count). The number of allylic oxidation sites excluding steroid dienone is 3. The number of primary sulfonamides is 1. The van der Waals surface area contributed by atoms with E-state index in [1.807, 2.05) is 23.3 Å². The Morgan fingerprint density at radius 3 is 2.30 bits per heavy atom. The summed E-state index contributed by atoms with van der Waals surface area (Å²) in [5.74, 6) is 0. The fourth-order valence-corrected chi connectivity index (χ4v) is 2.70. The van der Waals surface area contributed by atoms with Crippen LogP contribution in [0, 0.1) is 0 Å². The molecular formula is C16H14N4O2S. The van der Waals surface area contributed by atoms with E-state index in [2.05, 4.69) is 16.5 Å². The van der Waals surface area contributed by atoms with E-state index in [9.17, 15) is 8.42 Å². The second-order valence-corrected chi connectivity index (χ2v) is 6.51. The van der Waals surface area contributed by atoms with E-state index < -0.39 is 10.0 Å². The van der Waals surface area contributed by atoms with Crippen molar-refractivity contribution in [2.75, 3.05) is 4.90 Å². The molecule has 0 saturated heterocycles. The van der Waals surface area contributed by atoms with E-state index in [1.165, 1.54) is 18.5 Å². The highest BCUT2D eigenvalue weighted by Crippen LogP contribution is 2.28. The van der Waals surface area contributed by atoms with Crippen LogP contribution in [0.4, 0.5) is 5.69 Å². The van der Waals surface area contributed by atoms with Crippen LogP contribution in [0.15, 0.2) is 78.5 Å². The Morgan fingerprint density at radius 1 is 1.04 bits per heavy atom. The third kappa shape index (κ3) is 3.20. The molecule has 1 aliphatic rings. The summed E-state index contributed by atoms with van der Waals surface area (Å²) in [6.45, 7) is 3.99. The zero-order chi connectivity index (χ0) is 16.4. The van der Waals surface area contributed by atoms with Gasteiger partial charge in [0.05, 0.1) is 4.90 Å². The first kappa shape index (κ1) is 15.1. The molecule has 1 aromatic heterocycles. The van der Waals surface area contributed by atoms with Crippen molar-refractivity contribution < 1.29 is 8.42 Å². The Morgan fingerprint density at radius 2 is 1.70 bits per heavy atom. The van der Waals surface area contributed by atoms with Gasteiger partial charge in [-0.05, 0) is 30.3 Å². The lowest BCUT2D eigenvalue weighted by Gasteiger charge is -2.25. The lowest BCUT2D eigenvalue weighted by Crippen LogP contribution is -2.17. The van der Waals surface area contributed by atoms with Crippen molar-refractivity contribution in [3.8, 4) is 0 Å². The van der Waals surface area contributed by atoms with Crippen LogP contribution in [0.2, 0.25) is 0 Å². The lowest BCUT2D eigenvalue weighted by atomic mass is 10.1. The van der Waals surface area contributed by atoms with E-state index in [1.54, 1.807) is 24.5 Å². The molecule has 1 aromatic carbocycles. The Bertz CT molecular complexity index is 901. The molecule has 2 heterocycles. The maximum Gasteiger partial charge on any atom is 0.238 e. The molecule has 6 nitrogen and oxygen atoms in total. The van der Waals surface area contributed by atoms with E-state index in [0.29, 0.717) is 0 Å². The third-order valence-electron chi connectivity index (χ3n) is 3.37. The maximum atomic E-state index is 11.3. The topological polar surface area (TPSA) is 89.2 Å². The second kappa shape index (κ2) is 5.79. The van der Waals surface area contributed by atoms with Gasteiger partial charge in [-0.3, -0.25) is 0 Å². The minimum atomic E-state index is -3.70. The average Bonchev–Trinajstić information content (AvgIpc) is 2.55. The number of nitrogens with zero attached hydrogens (tertiary/aromatic N) is 3. The number of aromatic nitrogens is 2. The summed E-state index contributed by atoms with van der Waals surface area (Å²) in [7, 11) is -3.70. The van der Waals surface area contributed by atoms with Crippen LogP contribution in [-0.4, -0.2) is 18.4 Å². The Kier molecular flexibility index (Phi) is 3.81. The largest absolute Gasteiger partial charge is 0.317 e. The molecule has 0 unspecified atom stereocenters. The first-order valence-electron chi connectivity index (χ1n) is 6.71. The number of hydrogen-bond donors (Lipinski definition) is 1. The van der Waals surface area contributed by atoms with Gasteiger partial charge in [0.15, 0.2) is 0 Å². The van der Waals surface area contributed by atoms with Crippen LogP contribution < -0.4 is 10.0 Å². The van der Waals surface area contributed by atoms with Crippen LogP contribution in [0.25, 0.3) is 5.57 Å². The molecule has 0 aliphatic carbocycles. The molecule has 116 valence electrons. The molecule has 0 spiro atoms. The fraction of sp³-hybridized carbons (Fsp3) is 0. The molecule has 0 saturated carbocycles. The fourth-order valence-electron chi connectivity index (χ4n) is 2.19. The summed E-state index contributed by atoms with van der Waals surface area (Å²) in [6.07, 6.45) is 10.6. The monoisotopic (exact) mass is 326 g/mol. The molecule has 0 atom stereocenters. The summed E-state index contributed by atoms with van der Waals surface area (Å²) in [4.78, 5) is 9.94. The molecule has 0 fully saturated rings. The van der Waals surface area contributed by atoms with Gasteiger partial charge < -0.3 is 4.90 Å². The molecule has 2 N–H and O–H groups in total. The number of benzene rings is 1. The van der Waals surface area contributed by atoms with Gasteiger partial charge in [0.25, 0.3) is 0 Å². The molecule has 23 heavy (non-hydrogen) atoms. The van der Waals surface area contributed by atoms with E-state index in [0.717, 1.165) is 22.5 Å². The van der Waals surface area contributed by atoms with E-state index >= 15 is 0 Å². The number of nitrogens with two attached hydrogens (primary N) is 1. The summed E-state index contributed by atoms with van der Waals surface area (Å²) in [5.41, 5.74) is 3.34. The number of rotatable bonds is 3. The molecule has 7 heteroatoms. The number of anilines is 1. The summed E-state index contributed by atoms with van der Waals surface area (Å²) < 4.78 is 22.7. The highest BCUT2D eigenvalue weighted by atomic mass is 32.2. The molecular weight excluding hydrogens is 312 g/mol. The first-order valence-corrected chi connectivity index (χ1v) is 8.26. The standard InChI is InChI=1S/C16H14N4O2S/c1-12-2-3-13(14-8-18-11-19-9-14)10-20(12)15-4-6-16(7-5-15)23(17,21)22/h2-11H,1H2,(H2,17,21,22). The second-order valence-electron chi connectivity index (χ2n) is 4.95. The quantitative estimate of drug-likeness (QED) is 0.932. The van der Waals surface area contributed by atoms with Crippen molar-refractivity contribution in [3.05, 3.63) is 79.2 Å². The van der Waals surface area contributed by atoms with Crippen LogP contribution in [0.3, 0.4) is 0 Å². The SMILES string of the molecule is C=C1C=CC(c2cncnc2)=CN1c1ccc(S(N)(=O)=O)cc1. The van der Waals surface area contributed by atoms with Gasteiger partial charge in [0.1, 0.15) is 6.33 Å². The van der Waals surface area contributed by atoms with Gasteiger partial charge in [-0.25, -0.2) is 23.5 Å². The Hall–Kier alpha value is -2.77. The molecule has 1 aliphatic heterocycles. The molecule has 0 radical (unpaired) electrons. The van der Waals surface area contributed by atoms with Gasteiger partial charge in [-0.2, -0.15) is 0 Å². The Labute approximate surface area is 134 Å². The lowest BCUT2D eigenvalue weighted by molar-refractivity contribution is 0.598. The summed E-state index contributed by atoms with van der Waals surface area (Å²) >= 11 is 0. The van der Waals surface area contributed by atoms with Gasteiger partial charge in [0.2, 0.25) is 10.0 Å². The van der Waals surface area contributed by atoms with Crippen molar-refractivity contribution in [3.63, 3.8) is 0 Å². The van der Waals surface area contributed by atoms with Gasteiger partial charge >= 0.3 is 0 Å². The smallest absolute Gasteiger partial charge is 0.238 e. The minimum Gasteiger partial charge on any atom is -0.317 e. The van der Waals surface area contributed by atoms with Crippen molar-refractivity contribution >= 4 is 21.3 Å². The zero-order valence-corrected chi connectivity index (χ0v) is 12.9. The summed E-state index contributed by atoms with van der Waals surface area (Å²) in [5, 5.41) is 5.11. The Balaban J connectivity index is 1.97. The van der Waals surface area contributed by atoms with E-state index in [4.69, 9.17) is 5.14 Å². The predicted molar refractivity (Wildman–Crippen MR) is 88.6 cm³/mol. The molecule has 0 bridgehead atoms. The predicted octanol–water partition coefficient (Wildman–Crippen LogP) is 2.05. The van der Waals surface area contributed by atoms with E-state index in [-0.39, 0.29) is 4.90 Å². The van der Waals surface area contributed by atoms with Gasteiger partial charge in [0, 0.05) is 41.1 Å². The van der Waals surface area contributed by atoms with Crippen molar-refractivity contribution in [2.45, 2.75) is 4.90 Å². The zero-order valence-electron chi connectivity index (χ0n) is 12.1. The van der Waals surface area contributed by atoms with Crippen LogP contribution >= 0.6 is 0 Å². The van der Waals surface area contributed by atoms with Crippen LogP contribution in [-0.2, 0) is 10.0 Å². The molecule has 0 amide bonds. The molecule has 2 aromatic rings. The van der Waals surface area contributed by atoms with Gasteiger partial charge in [-0.1, -0.05) is 12.7 Å².